The standard InChI is InChI=1S/C15H22ClFN2O/c1-20-9-7-18-10-13-5-3-8-19(13)11-12-4-2-6-14(17)15(12)16/h2,4,6,13,18H,3,5,7-11H2,1H3. The first-order chi connectivity index (χ1) is 9.72. The van der Waals surface area contributed by atoms with Crippen molar-refractivity contribution < 1.29 is 9.13 Å². The van der Waals surface area contributed by atoms with Crippen molar-refractivity contribution in [2.75, 3.05) is 33.4 Å². The van der Waals surface area contributed by atoms with Gasteiger partial charge < -0.3 is 10.1 Å². The number of halogens is 2. The van der Waals surface area contributed by atoms with E-state index in [0.717, 1.165) is 31.8 Å². The molecule has 1 saturated heterocycles. The number of hydrogen-bond donors (Lipinski definition) is 1. The lowest BCUT2D eigenvalue weighted by atomic mass is 10.1. The third-order valence-corrected chi connectivity index (χ3v) is 4.19. The maximum absolute atomic E-state index is 13.5. The normalized spacial score (nSPS) is 19.6. The van der Waals surface area contributed by atoms with Crippen molar-refractivity contribution in [2.45, 2.75) is 25.4 Å². The molecule has 1 aliphatic heterocycles. The lowest BCUT2D eigenvalue weighted by molar-refractivity contribution is 0.191. The van der Waals surface area contributed by atoms with Crippen molar-refractivity contribution in [2.24, 2.45) is 0 Å². The molecule has 20 heavy (non-hydrogen) atoms. The van der Waals surface area contributed by atoms with Gasteiger partial charge in [0, 0.05) is 32.8 Å². The molecule has 1 unspecified atom stereocenters. The highest BCUT2D eigenvalue weighted by atomic mass is 35.5. The zero-order valence-electron chi connectivity index (χ0n) is 11.9. The van der Waals surface area contributed by atoms with E-state index >= 15 is 0 Å². The molecular formula is C15H22ClFN2O. The molecule has 0 saturated carbocycles. The number of nitrogens with one attached hydrogen (secondary N) is 1. The molecule has 1 fully saturated rings. The first-order valence-electron chi connectivity index (χ1n) is 7.09. The highest BCUT2D eigenvalue weighted by Gasteiger charge is 2.24. The Hall–Kier alpha value is -0.680. The van der Waals surface area contributed by atoms with Crippen molar-refractivity contribution in [3.63, 3.8) is 0 Å². The Morgan fingerprint density at radius 2 is 2.35 bits per heavy atom. The number of hydrogen-bond acceptors (Lipinski definition) is 3. The fourth-order valence-electron chi connectivity index (χ4n) is 2.67. The smallest absolute Gasteiger partial charge is 0.142 e. The van der Waals surface area contributed by atoms with Crippen LogP contribution in [0.5, 0.6) is 0 Å². The lowest BCUT2D eigenvalue weighted by Gasteiger charge is -2.25. The van der Waals surface area contributed by atoms with Gasteiger partial charge in [-0.2, -0.15) is 0 Å². The third kappa shape index (κ3) is 4.16. The molecule has 0 radical (unpaired) electrons. The second kappa shape index (κ2) is 7.93. The second-order valence-electron chi connectivity index (χ2n) is 5.18. The monoisotopic (exact) mass is 300 g/mol. The van der Waals surface area contributed by atoms with Gasteiger partial charge in [0.2, 0.25) is 0 Å². The quantitative estimate of drug-likeness (QED) is 0.784. The van der Waals surface area contributed by atoms with E-state index in [1.807, 2.05) is 6.07 Å². The highest BCUT2D eigenvalue weighted by Crippen LogP contribution is 2.25. The first-order valence-corrected chi connectivity index (χ1v) is 7.46. The summed E-state index contributed by atoms with van der Waals surface area (Å²) in [6.45, 7) is 4.29. The van der Waals surface area contributed by atoms with Crippen LogP contribution in [0.2, 0.25) is 5.02 Å². The van der Waals surface area contributed by atoms with Crippen LogP contribution in [-0.2, 0) is 11.3 Å². The molecule has 0 aliphatic carbocycles. The summed E-state index contributed by atoms with van der Waals surface area (Å²) in [4.78, 5) is 2.38. The van der Waals surface area contributed by atoms with Gasteiger partial charge in [-0.05, 0) is 31.0 Å². The minimum Gasteiger partial charge on any atom is -0.383 e. The van der Waals surface area contributed by atoms with E-state index < -0.39 is 0 Å². The number of likely N-dealkylation sites (tertiary alicyclic amines) is 1. The summed E-state index contributed by atoms with van der Waals surface area (Å²) in [5.41, 5.74) is 0.871. The predicted molar refractivity (Wildman–Crippen MR) is 79.6 cm³/mol. The third-order valence-electron chi connectivity index (χ3n) is 3.77. The number of benzene rings is 1. The average molecular weight is 301 g/mol. The second-order valence-corrected chi connectivity index (χ2v) is 5.55. The first kappa shape index (κ1) is 15.7. The zero-order chi connectivity index (χ0) is 14.4. The molecule has 112 valence electrons. The van der Waals surface area contributed by atoms with Crippen molar-refractivity contribution >= 4 is 11.6 Å². The van der Waals surface area contributed by atoms with Crippen molar-refractivity contribution in [1.82, 2.24) is 10.2 Å². The molecule has 2 rings (SSSR count). The molecule has 5 heteroatoms. The van der Waals surface area contributed by atoms with Crippen LogP contribution < -0.4 is 5.32 Å². The maximum Gasteiger partial charge on any atom is 0.142 e. The number of rotatable bonds is 7. The number of nitrogens with zero attached hydrogens (tertiary/aromatic N) is 1. The molecule has 1 atom stereocenters. The topological polar surface area (TPSA) is 24.5 Å². The van der Waals surface area contributed by atoms with Gasteiger partial charge >= 0.3 is 0 Å². The Morgan fingerprint density at radius 1 is 1.50 bits per heavy atom. The average Bonchev–Trinajstić information content (AvgIpc) is 2.87. The summed E-state index contributed by atoms with van der Waals surface area (Å²) in [6.07, 6.45) is 2.36. The highest BCUT2D eigenvalue weighted by molar-refractivity contribution is 6.31. The summed E-state index contributed by atoms with van der Waals surface area (Å²) >= 11 is 6.03. The number of methoxy groups -OCH3 is 1. The van der Waals surface area contributed by atoms with E-state index in [0.29, 0.717) is 12.6 Å². The molecule has 0 amide bonds. The van der Waals surface area contributed by atoms with Crippen LogP contribution in [0.4, 0.5) is 4.39 Å². The van der Waals surface area contributed by atoms with Gasteiger partial charge in [0.05, 0.1) is 11.6 Å². The molecule has 1 N–H and O–H groups in total. The summed E-state index contributed by atoms with van der Waals surface area (Å²) < 4.78 is 18.5. The van der Waals surface area contributed by atoms with Crippen LogP contribution in [0.25, 0.3) is 0 Å². The molecule has 3 nitrogen and oxygen atoms in total. The molecule has 0 aromatic heterocycles. The summed E-state index contributed by atoms with van der Waals surface area (Å²) in [7, 11) is 1.70. The largest absolute Gasteiger partial charge is 0.383 e. The summed E-state index contributed by atoms with van der Waals surface area (Å²) in [6, 6.07) is 5.52. The van der Waals surface area contributed by atoms with E-state index in [-0.39, 0.29) is 10.8 Å². The van der Waals surface area contributed by atoms with Gasteiger partial charge in [0.1, 0.15) is 5.82 Å². The van der Waals surface area contributed by atoms with E-state index in [9.17, 15) is 4.39 Å². The fourth-order valence-corrected chi connectivity index (χ4v) is 2.85. The van der Waals surface area contributed by atoms with Gasteiger partial charge in [0.25, 0.3) is 0 Å². The summed E-state index contributed by atoms with van der Waals surface area (Å²) in [5, 5.41) is 3.65. The lowest BCUT2D eigenvalue weighted by Crippen LogP contribution is -2.38. The van der Waals surface area contributed by atoms with Gasteiger partial charge in [-0.15, -0.1) is 0 Å². The molecule has 1 aromatic carbocycles. The minimum atomic E-state index is -0.335. The van der Waals surface area contributed by atoms with Crippen LogP contribution >= 0.6 is 11.6 Å². The van der Waals surface area contributed by atoms with Crippen molar-refractivity contribution in [3.8, 4) is 0 Å². The predicted octanol–water partition coefficient (Wildman–Crippen LogP) is 2.68. The van der Waals surface area contributed by atoms with Gasteiger partial charge in [0.15, 0.2) is 0 Å². The Balaban J connectivity index is 1.89. The van der Waals surface area contributed by atoms with Crippen LogP contribution in [0.1, 0.15) is 18.4 Å². The molecular weight excluding hydrogens is 279 g/mol. The Labute approximate surface area is 125 Å². The zero-order valence-corrected chi connectivity index (χ0v) is 12.6. The van der Waals surface area contributed by atoms with Crippen LogP contribution in [0, 0.1) is 5.82 Å². The van der Waals surface area contributed by atoms with Gasteiger partial charge in [-0.25, -0.2) is 4.39 Å². The summed E-state index contributed by atoms with van der Waals surface area (Å²) in [5.74, 6) is -0.335. The number of ether oxygens (including phenoxy) is 1. The van der Waals surface area contributed by atoms with E-state index in [1.54, 1.807) is 13.2 Å². The maximum atomic E-state index is 13.5. The molecule has 1 aliphatic rings. The van der Waals surface area contributed by atoms with Gasteiger partial charge in [-0.3, -0.25) is 4.90 Å². The Bertz CT molecular complexity index is 430. The molecule has 1 heterocycles. The van der Waals surface area contributed by atoms with E-state index in [2.05, 4.69) is 10.2 Å². The molecule has 1 aromatic rings. The Morgan fingerprint density at radius 3 is 3.15 bits per heavy atom. The van der Waals surface area contributed by atoms with Crippen molar-refractivity contribution in [1.29, 1.82) is 0 Å². The van der Waals surface area contributed by atoms with Crippen LogP contribution in [0.3, 0.4) is 0 Å². The van der Waals surface area contributed by atoms with Crippen LogP contribution in [-0.4, -0.2) is 44.3 Å². The fraction of sp³-hybridized carbons (Fsp3) is 0.600. The van der Waals surface area contributed by atoms with Gasteiger partial charge in [-0.1, -0.05) is 23.7 Å². The Kier molecular flexibility index (Phi) is 6.23. The van der Waals surface area contributed by atoms with Crippen molar-refractivity contribution in [3.05, 3.63) is 34.6 Å². The van der Waals surface area contributed by atoms with E-state index in [1.165, 1.54) is 18.9 Å². The molecule has 0 spiro atoms. The molecule has 0 bridgehead atoms. The minimum absolute atomic E-state index is 0.255. The van der Waals surface area contributed by atoms with Crippen LogP contribution in [0.15, 0.2) is 18.2 Å². The SMILES string of the molecule is COCCNCC1CCCN1Cc1cccc(F)c1Cl. The van der Waals surface area contributed by atoms with E-state index in [4.69, 9.17) is 16.3 Å².